The predicted octanol–water partition coefficient (Wildman–Crippen LogP) is 2.78. The predicted molar refractivity (Wildman–Crippen MR) is 76.5 cm³/mol. The average molecular weight is 357 g/mol. The molecule has 0 N–H and O–H groups in total. The van der Waals surface area contributed by atoms with E-state index < -0.39 is 30.6 Å². The van der Waals surface area contributed by atoms with E-state index in [2.05, 4.69) is 9.47 Å². The molecule has 0 saturated carbocycles. The molecule has 1 aromatic rings. The van der Waals surface area contributed by atoms with Gasteiger partial charge in [0.1, 0.15) is 24.6 Å². The summed E-state index contributed by atoms with van der Waals surface area (Å²) in [4.78, 5) is 12.8. The van der Waals surface area contributed by atoms with Gasteiger partial charge in [0.05, 0.1) is 12.1 Å². The van der Waals surface area contributed by atoms with Crippen LogP contribution >= 0.6 is 0 Å². The van der Waals surface area contributed by atoms with Crippen molar-refractivity contribution in [1.82, 2.24) is 4.90 Å². The molecule has 10 heteroatoms. The lowest BCUT2D eigenvalue weighted by Gasteiger charge is -2.13. The summed E-state index contributed by atoms with van der Waals surface area (Å²) in [5, 5.41) is 17.2. The van der Waals surface area contributed by atoms with Crippen LogP contribution in [-0.4, -0.2) is 37.1 Å². The summed E-state index contributed by atoms with van der Waals surface area (Å²) in [7, 11) is 0. The number of ether oxygens (including phenoxy) is 2. The SMILES string of the molecule is N#CCN(CC#N)C(=O)/C=C/c1ccc(OC(F)F)cc1OC(F)F. The van der Waals surface area contributed by atoms with Gasteiger partial charge in [0.2, 0.25) is 5.91 Å². The van der Waals surface area contributed by atoms with Gasteiger partial charge in [0.25, 0.3) is 0 Å². The number of carbonyl (C=O) groups is 1. The smallest absolute Gasteiger partial charge is 0.387 e. The molecule has 1 rings (SSSR count). The number of hydrogen-bond acceptors (Lipinski definition) is 5. The van der Waals surface area contributed by atoms with Gasteiger partial charge in [-0.25, -0.2) is 0 Å². The quantitative estimate of drug-likeness (QED) is 0.406. The maximum atomic E-state index is 12.4. The van der Waals surface area contributed by atoms with Crippen LogP contribution in [0.4, 0.5) is 17.6 Å². The molecule has 132 valence electrons. The van der Waals surface area contributed by atoms with E-state index in [1.54, 1.807) is 12.1 Å². The van der Waals surface area contributed by atoms with Gasteiger partial charge in [-0.3, -0.25) is 4.79 Å². The molecule has 0 fully saturated rings. The fourth-order valence-corrected chi connectivity index (χ4v) is 1.68. The zero-order valence-corrected chi connectivity index (χ0v) is 12.5. The zero-order valence-electron chi connectivity index (χ0n) is 12.5. The molecule has 0 saturated heterocycles. The van der Waals surface area contributed by atoms with Gasteiger partial charge >= 0.3 is 13.2 Å². The van der Waals surface area contributed by atoms with Crippen LogP contribution in [0.3, 0.4) is 0 Å². The Kier molecular flexibility index (Phi) is 7.73. The van der Waals surface area contributed by atoms with E-state index in [4.69, 9.17) is 10.5 Å². The molecule has 1 aromatic carbocycles. The zero-order chi connectivity index (χ0) is 18.8. The van der Waals surface area contributed by atoms with E-state index in [1.807, 2.05) is 0 Å². The Morgan fingerprint density at radius 1 is 1.12 bits per heavy atom. The van der Waals surface area contributed by atoms with Gasteiger partial charge < -0.3 is 14.4 Å². The van der Waals surface area contributed by atoms with Crippen molar-refractivity contribution in [3.63, 3.8) is 0 Å². The van der Waals surface area contributed by atoms with Gasteiger partial charge in [0.15, 0.2) is 0 Å². The van der Waals surface area contributed by atoms with Crippen molar-refractivity contribution in [2.24, 2.45) is 0 Å². The number of hydrogen-bond donors (Lipinski definition) is 0. The van der Waals surface area contributed by atoms with Crippen LogP contribution in [0.15, 0.2) is 24.3 Å². The molecular weight excluding hydrogens is 346 g/mol. The highest BCUT2D eigenvalue weighted by molar-refractivity contribution is 5.92. The first kappa shape index (κ1) is 19.8. The molecule has 0 aromatic heterocycles. The molecule has 0 heterocycles. The third-order valence-corrected chi connectivity index (χ3v) is 2.67. The Balaban J connectivity index is 3.04. The van der Waals surface area contributed by atoms with Crippen LogP contribution in [0, 0.1) is 22.7 Å². The minimum Gasteiger partial charge on any atom is -0.435 e. The average Bonchev–Trinajstić information content (AvgIpc) is 2.52. The van der Waals surface area contributed by atoms with Crippen molar-refractivity contribution < 1.29 is 31.8 Å². The van der Waals surface area contributed by atoms with Crippen molar-refractivity contribution in [1.29, 1.82) is 10.5 Å². The highest BCUT2D eigenvalue weighted by Crippen LogP contribution is 2.28. The Hall–Kier alpha value is -3.27. The number of benzene rings is 1. The first-order valence-corrected chi connectivity index (χ1v) is 6.62. The van der Waals surface area contributed by atoms with Crippen molar-refractivity contribution in [3.8, 4) is 23.6 Å². The van der Waals surface area contributed by atoms with Crippen LogP contribution in [0.25, 0.3) is 6.08 Å². The van der Waals surface area contributed by atoms with Gasteiger partial charge in [0, 0.05) is 17.7 Å². The van der Waals surface area contributed by atoms with E-state index in [1.165, 1.54) is 0 Å². The summed E-state index contributed by atoms with van der Waals surface area (Å²) < 4.78 is 57.5. The number of alkyl halides is 4. The Morgan fingerprint density at radius 2 is 1.72 bits per heavy atom. The Labute approximate surface area is 140 Å². The Morgan fingerprint density at radius 3 is 2.24 bits per heavy atom. The summed E-state index contributed by atoms with van der Waals surface area (Å²) in [6, 6.07) is 6.45. The van der Waals surface area contributed by atoms with Crippen LogP contribution in [0.2, 0.25) is 0 Å². The number of rotatable bonds is 8. The lowest BCUT2D eigenvalue weighted by atomic mass is 10.1. The summed E-state index contributed by atoms with van der Waals surface area (Å²) in [5.74, 6) is -1.59. The Bertz CT molecular complexity index is 695. The monoisotopic (exact) mass is 357 g/mol. The summed E-state index contributed by atoms with van der Waals surface area (Å²) in [5.41, 5.74) is -0.0101. The number of nitrogens with zero attached hydrogens (tertiary/aromatic N) is 3. The second kappa shape index (κ2) is 9.78. The molecule has 0 aliphatic heterocycles. The number of nitriles is 2. The molecule has 25 heavy (non-hydrogen) atoms. The van der Waals surface area contributed by atoms with E-state index >= 15 is 0 Å². The van der Waals surface area contributed by atoms with Crippen LogP contribution in [-0.2, 0) is 4.79 Å². The van der Waals surface area contributed by atoms with Gasteiger partial charge in [-0.2, -0.15) is 28.1 Å². The minimum absolute atomic E-state index is 0.0101. The van der Waals surface area contributed by atoms with Crippen molar-refractivity contribution >= 4 is 12.0 Å². The molecule has 0 atom stereocenters. The topological polar surface area (TPSA) is 86.4 Å². The third kappa shape index (κ3) is 6.79. The van der Waals surface area contributed by atoms with E-state index in [-0.39, 0.29) is 18.7 Å². The second-order valence-electron chi connectivity index (χ2n) is 4.30. The van der Waals surface area contributed by atoms with Gasteiger partial charge in [-0.15, -0.1) is 0 Å². The second-order valence-corrected chi connectivity index (χ2v) is 4.30. The molecule has 0 bridgehead atoms. The van der Waals surface area contributed by atoms with Gasteiger partial charge in [-0.1, -0.05) is 0 Å². The first-order chi connectivity index (χ1) is 11.9. The molecule has 0 radical (unpaired) electrons. The third-order valence-electron chi connectivity index (χ3n) is 2.67. The molecular formula is C15H11F4N3O3. The summed E-state index contributed by atoms with van der Waals surface area (Å²) >= 11 is 0. The maximum absolute atomic E-state index is 12.4. The molecule has 0 aliphatic rings. The van der Waals surface area contributed by atoms with Crippen molar-refractivity contribution in [3.05, 3.63) is 29.8 Å². The van der Waals surface area contributed by atoms with E-state index in [0.717, 1.165) is 35.3 Å². The van der Waals surface area contributed by atoms with E-state index in [9.17, 15) is 22.4 Å². The fraction of sp³-hybridized carbons (Fsp3) is 0.267. The minimum atomic E-state index is -3.22. The molecule has 1 amide bonds. The summed E-state index contributed by atoms with van der Waals surface area (Å²) in [6.45, 7) is -7.04. The van der Waals surface area contributed by atoms with E-state index in [0.29, 0.717) is 0 Å². The fourth-order valence-electron chi connectivity index (χ4n) is 1.68. The molecule has 0 aliphatic carbocycles. The number of amides is 1. The molecule has 0 unspecified atom stereocenters. The van der Waals surface area contributed by atoms with Crippen LogP contribution in [0.5, 0.6) is 11.5 Å². The summed E-state index contributed by atoms with van der Waals surface area (Å²) in [6.07, 6.45) is 2.03. The van der Waals surface area contributed by atoms with Crippen LogP contribution < -0.4 is 9.47 Å². The normalized spacial score (nSPS) is 10.6. The standard InChI is InChI=1S/C15H11F4N3O3/c16-14(17)24-11-3-1-10(12(9-11)25-15(18)19)2-4-13(23)22(7-5-20)8-6-21/h1-4,9,14-15H,7-8H2/b4-2+. The molecule has 0 spiro atoms. The number of carbonyl (C=O) groups excluding carboxylic acids is 1. The van der Waals surface area contributed by atoms with Crippen molar-refractivity contribution in [2.75, 3.05) is 13.1 Å². The maximum Gasteiger partial charge on any atom is 0.387 e. The van der Waals surface area contributed by atoms with Crippen molar-refractivity contribution in [2.45, 2.75) is 13.2 Å². The highest BCUT2D eigenvalue weighted by Gasteiger charge is 2.13. The lowest BCUT2D eigenvalue weighted by Crippen LogP contribution is -2.30. The molecule has 6 nitrogen and oxygen atoms in total. The number of halogens is 4. The highest BCUT2D eigenvalue weighted by atomic mass is 19.3. The lowest BCUT2D eigenvalue weighted by molar-refractivity contribution is -0.124. The van der Waals surface area contributed by atoms with Crippen LogP contribution in [0.1, 0.15) is 5.56 Å². The first-order valence-electron chi connectivity index (χ1n) is 6.62. The van der Waals surface area contributed by atoms with Gasteiger partial charge in [-0.05, 0) is 18.2 Å². The largest absolute Gasteiger partial charge is 0.435 e.